The van der Waals surface area contributed by atoms with Gasteiger partial charge in [-0.1, -0.05) is 17.7 Å². The van der Waals surface area contributed by atoms with E-state index < -0.39 is 10.1 Å². The highest BCUT2D eigenvalue weighted by Crippen LogP contribution is 2.39. The molecule has 0 bridgehead atoms. The van der Waals surface area contributed by atoms with Crippen LogP contribution in [0.5, 0.6) is 0 Å². The third-order valence-electron chi connectivity index (χ3n) is 3.88. The minimum atomic E-state index is -3.62. The molecule has 0 spiro atoms. The molecule has 5 heteroatoms. The second kappa shape index (κ2) is 4.89. The highest BCUT2D eigenvalue weighted by Gasteiger charge is 2.44. The first-order chi connectivity index (χ1) is 9.04. The number of hydrogen-bond acceptors (Lipinski definition) is 4. The zero-order valence-electron chi connectivity index (χ0n) is 10.9. The molecule has 1 heterocycles. The van der Waals surface area contributed by atoms with Crippen LogP contribution in [-0.4, -0.2) is 27.2 Å². The SMILES string of the molecule is Cc1ccc(S(=O)(=O)OCC2CCC3OC3C2)cc1. The predicted octanol–water partition coefficient (Wildman–Crippen LogP) is 2.27. The van der Waals surface area contributed by atoms with Crippen molar-refractivity contribution < 1.29 is 17.3 Å². The number of hydrogen-bond donors (Lipinski definition) is 0. The van der Waals surface area contributed by atoms with Crippen LogP contribution in [0, 0.1) is 12.8 Å². The molecule has 1 saturated carbocycles. The normalized spacial score (nSPS) is 29.8. The molecule has 0 amide bonds. The summed E-state index contributed by atoms with van der Waals surface area (Å²) in [6.07, 6.45) is 3.73. The molecule has 19 heavy (non-hydrogen) atoms. The minimum absolute atomic E-state index is 0.231. The fourth-order valence-electron chi connectivity index (χ4n) is 2.60. The molecule has 1 aliphatic heterocycles. The van der Waals surface area contributed by atoms with Gasteiger partial charge in [-0.15, -0.1) is 0 Å². The molecular weight excluding hydrogens is 264 g/mol. The van der Waals surface area contributed by atoms with E-state index in [2.05, 4.69) is 0 Å². The van der Waals surface area contributed by atoms with E-state index in [1.807, 2.05) is 6.92 Å². The molecule has 2 aliphatic rings. The van der Waals surface area contributed by atoms with Crippen molar-refractivity contribution in [3.8, 4) is 0 Å². The fraction of sp³-hybridized carbons (Fsp3) is 0.571. The van der Waals surface area contributed by atoms with E-state index >= 15 is 0 Å². The molecule has 2 fully saturated rings. The first kappa shape index (κ1) is 13.1. The van der Waals surface area contributed by atoms with Gasteiger partial charge in [0.15, 0.2) is 0 Å². The molecule has 1 saturated heterocycles. The molecule has 3 unspecified atom stereocenters. The summed E-state index contributed by atoms with van der Waals surface area (Å²) in [6.45, 7) is 2.19. The predicted molar refractivity (Wildman–Crippen MR) is 70.3 cm³/mol. The Bertz CT molecular complexity index is 549. The molecule has 4 nitrogen and oxygen atoms in total. The van der Waals surface area contributed by atoms with E-state index in [0.717, 1.165) is 24.8 Å². The van der Waals surface area contributed by atoms with Gasteiger partial charge in [-0.2, -0.15) is 8.42 Å². The summed E-state index contributed by atoms with van der Waals surface area (Å²) in [5, 5.41) is 0. The quantitative estimate of drug-likeness (QED) is 0.628. The molecule has 3 rings (SSSR count). The fourth-order valence-corrected chi connectivity index (χ4v) is 3.57. The Morgan fingerprint density at radius 1 is 1.21 bits per heavy atom. The van der Waals surface area contributed by atoms with Crippen LogP contribution in [-0.2, 0) is 19.0 Å². The van der Waals surface area contributed by atoms with Crippen LogP contribution in [0.25, 0.3) is 0 Å². The third kappa shape index (κ3) is 2.99. The first-order valence-electron chi connectivity index (χ1n) is 6.66. The van der Waals surface area contributed by atoms with E-state index in [1.165, 1.54) is 0 Å². The average Bonchev–Trinajstić information content (AvgIpc) is 3.15. The van der Waals surface area contributed by atoms with Crippen molar-refractivity contribution in [2.75, 3.05) is 6.61 Å². The molecule has 104 valence electrons. The molecule has 0 aromatic heterocycles. The second-order valence-corrected chi connectivity index (χ2v) is 7.06. The molecular formula is C14H18O4S. The van der Waals surface area contributed by atoms with Gasteiger partial charge in [0.1, 0.15) is 0 Å². The Morgan fingerprint density at radius 2 is 1.95 bits per heavy atom. The topological polar surface area (TPSA) is 55.9 Å². The Balaban J connectivity index is 1.60. The maximum absolute atomic E-state index is 12.0. The van der Waals surface area contributed by atoms with Gasteiger partial charge >= 0.3 is 0 Å². The second-order valence-electron chi connectivity index (χ2n) is 5.44. The van der Waals surface area contributed by atoms with Crippen LogP contribution in [0.2, 0.25) is 0 Å². The number of fused-ring (bicyclic) bond motifs is 1. The van der Waals surface area contributed by atoms with Crippen molar-refractivity contribution in [1.29, 1.82) is 0 Å². The van der Waals surface area contributed by atoms with Gasteiger partial charge in [-0.3, -0.25) is 4.18 Å². The zero-order chi connectivity index (χ0) is 13.5. The molecule has 0 radical (unpaired) electrons. The maximum Gasteiger partial charge on any atom is 0.296 e. The van der Waals surface area contributed by atoms with Crippen molar-refractivity contribution in [3.05, 3.63) is 29.8 Å². The van der Waals surface area contributed by atoms with Crippen LogP contribution >= 0.6 is 0 Å². The smallest absolute Gasteiger partial charge is 0.296 e. The summed E-state index contributed by atoms with van der Waals surface area (Å²) >= 11 is 0. The van der Waals surface area contributed by atoms with Gasteiger partial charge in [0.2, 0.25) is 0 Å². The molecule has 1 aromatic rings. The zero-order valence-corrected chi connectivity index (χ0v) is 11.7. The van der Waals surface area contributed by atoms with Gasteiger partial charge in [-0.05, 0) is 44.2 Å². The summed E-state index contributed by atoms with van der Waals surface area (Å²) in [4.78, 5) is 0.231. The largest absolute Gasteiger partial charge is 0.370 e. The van der Waals surface area contributed by atoms with Crippen molar-refractivity contribution in [2.24, 2.45) is 5.92 Å². The Labute approximate surface area is 113 Å². The van der Waals surface area contributed by atoms with Crippen LogP contribution in [0.4, 0.5) is 0 Å². The van der Waals surface area contributed by atoms with E-state index in [1.54, 1.807) is 24.3 Å². The highest BCUT2D eigenvalue weighted by molar-refractivity contribution is 7.86. The average molecular weight is 282 g/mol. The van der Waals surface area contributed by atoms with E-state index in [4.69, 9.17) is 8.92 Å². The van der Waals surface area contributed by atoms with Crippen molar-refractivity contribution in [1.82, 2.24) is 0 Å². The number of aryl methyl sites for hydroxylation is 1. The van der Waals surface area contributed by atoms with Crippen LogP contribution in [0.15, 0.2) is 29.2 Å². The number of epoxide rings is 1. The van der Waals surface area contributed by atoms with Gasteiger partial charge < -0.3 is 4.74 Å². The highest BCUT2D eigenvalue weighted by atomic mass is 32.2. The lowest BCUT2D eigenvalue weighted by molar-refractivity contribution is 0.222. The lowest BCUT2D eigenvalue weighted by Crippen LogP contribution is -2.20. The molecule has 1 aromatic carbocycles. The van der Waals surface area contributed by atoms with Gasteiger partial charge in [0, 0.05) is 0 Å². The van der Waals surface area contributed by atoms with Gasteiger partial charge in [0.25, 0.3) is 10.1 Å². The van der Waals surface area contributed by atoms with E-state index in [-0.39, 0.29) is 11.5 Å². The van der Waals surface area contributed by atoms with Gasteiger partial charge in [-0.25, -0.2) is 0 Å². The van der Waals surface area contributed by atoms with Crippen LogP contribution in [0.3, 0.4) is 0 Å². The first-order valence-corrected chi connectivity index (χ1v) is 8.07. The van der Waals surface area contributed by atoms with Gasteiger partial charge in [0.05, 0.1) is 23.7 Å². The standard InChI is InChI=1S/C14H18O4S/c1-10-2-5-12(6-3-10)19(15,16)17-9-11-4-7-13-14(8-11)18-13/h2-3,5-6,11,13-14H,4,7-9H2,1H3. The Hall–Kier alpha value is -0.910. The molecule has 0 N–H and O–H groups in total. The van der Waals surface area contributed by atoms with Crippen LogP contribution in [0.1, 0.15) is 24.8 Å². The van der Waals surface area contributed by atoms with Crippen molar-refractivity contribution in [3.63, 3.8) is 0 Å². The summed E-state index contributed by atoms with van der Waals surface area (Å²) in [6, 6.07) is 6.73. The third-order valence-corrected chi connectivity index (χ3v) is 5.18. The number of ether oxygens (including phenoxy) is 1. The van der Waals surface area contributed by atoms with E-state index in [0.29, 0.717) is 18.1 Å². The van der Waals surface area contributed by atoms with E-state index in [9.17, 15) is 8.42 Å². The van der Waals surface area contributed by atoms with Crippen molar-refractivity contribution >= 4 is 10.1 Å². The minimum Gasteiger partial charge on any atom is -0.370 e. The van der Waals surface area contributed by atoms with Crippen LogP contribution < -0.4 is 0 Å². The Kier molecular flexibility index (Phi) is 3.37. The summed E-state index contributed by atoms with van der Waals surface area (Å²) in [5.74, 6) is 0.295. The molecule has 1 aliphatic carbocycles. The molecule has 3 atom stereocenters. The summed E-state index contributed by atoms with van der Waals surface area (Å²) < 4.78 is 34.7. The Morgan fingerprint density at radius 3 is 2.63 bits per heavy atom. The maximum atomic E-state index is 12.0. The monoisotopic (exact) mass is 282 g/mol. The number of benzene rings is 1. The lowest BCUT2D eigenvalue weighted by Gasteiger charge is -2.18. The lowest BCUT2D eigenvalue weighted by atomic mass is 9.90. The summed E-state index contributed by atoms with van der Waals surface area (Å²) in [5.41, 5.74) is 1.03. The summed E-state index contributed by atoms with van der Waals surface area (Å²) in [7, 11) is -3.62. The number of rotatable bonds is 4. The van der Waals surface area contributed by atoms with Crippen molar-refractivity contribution in [2.45, 2.75) is 43.3 Å².